The van der Waals surface area contributed by atoms with Gasteiger partial charge < -0.3 is 5.11 Å². The Kier molecular flexibility index (Phi) is 3.50. The van der Waals surface area contributed by atoms with Crippen molar-refractivity contribution in [3.05, 3.63) is 65.5 Å². The molecule has 0 saturated carbocycles. The van der Waals surface area contributed by atoms with E-state index in [2.05, 4.69) is 10.1 Å². The molecule has 2 aromatic rings. The van der Waals surface area contributed by atoms with Crippen molar-refractivity contribution in [3.8, 4) is 0 Å². The fraction of sp³-hybridized carbons (Fsp3) is 0.235. The first kappa shape index (κ1) is 14.4. The second-order valence-electron chi connectivity index (χ2n) is 5.53. The monoisotopic (exact) mass is 295 g/mol. The number of amides is 1. The van der Waals surface area contributed by atoms with Crippen LogP contribution in [0.2, 0.25) is 0 Å². The first-order valence-electron chi connectivity index (χ1n) is 7.10. The Morgan fingerprint density at radius 1 is 1.18 bits per heavy atom. The topological polar surface area (TPSA) is 65.8 Å². The second-order valence-corrected chi connectivity index (χ2v) is 5.53. The first-order chi connectivity index (χ1) is 10.5. The molecule has 0 spiro atoms. The largest absolute Gasteiger partial charge is 0.365 e. The number of nitrogens with zero attached hydrogens (tertiary/aromatic N) is 3. The van der Waals surface area contributed by atoms with E-state index < -0.39 is 11.6 Å². The molecule has 0 aliphatic carbocycles. The van der Waals surface area contributed by atoms with Crippen LogP contribution in [0, 0.1) is 6.92 Å². The lowest BCUT2D eigenvalue weighted by molar-refractivity contribution is -0.0767. The molecule has 0 bridgehead atoms. The van der Waals surface area contributed by atoms with Crippen molar-refractivity contribution >= 4 is 11.6 Å². The number of carbonyl (C=O) groups excluding carboxylic acids is 1. The van der Waals surface area contributed by atoms with Crippen molar-refractivity contribution in [2.24, 2.45) is 5.10 Å². The van der Waals surface area contributed by atoms with Crippen molar-refractivity contribution in [1.82, 2.24) is 9.99 Å². The number of hydrogen-bond acceptors (Lipinski definition) is 4. The molecule has 1 aromatic heterocycles. The lowest BCUT2D eigenvalue weighted by Gasteiger charge is -2.31. The SMILES string of the molecule is CC1=NN(C(=O)c2ccccn2)C(O)(c2ccc(C)cc2)C1. The van der Waals surface area contributed by atoms with Crippen molar-refractivity contribution in [1.29, 1.82) is 0 Å². The average molecular weight is 295 g/mol. The van der Waals surface area contributed by atoms with Gasteiger partial charge in [0.2, 0.25) is 0 Å². The van der Waals surface area contributed by atoms with Crippen LogP contribution in [-0.4, -0.2) is 26.7 Å². The molecular weight excluding hydrogens is 278 g/mol. The van der Waals surface area contributed by atoms with Crippen molar-refractivity contribution < 1.29 is 9.90 Å². The highest BCUT2D eigenvalue weighted by Gasteiger charge is 2.45. The Morgan fingerprint density at radius 3 is 2.55 bits per heavy atom. The third-order valence-corrected chi connectivity index (χ3v) is 3.71. The van der Waals surface area contributed by atoms with Gasteiger partial charge >= 0.3 is 0 Å². The van der Waals surface area contributed by atoms with Gasteiger partial charge in [-0.1, -0.05) is 35.9 Å². The normalized spacial score (nSPS) is 20.9. The van der Waals surface area contributed by atoms with Crippen LogP contribution < -0.4 is 0 Å². The fourth-order valence-corrected chi connectivity index (χ4v) is 2.58. The molecule has 1 aromatic carbocycles. The zero-order chi connectivity index (χ0) is 15.7. The fourth-order valence-electron chi connectivity index (χ4n) is 2.58. The van der Waals surface area contributed by atoms with Gasteiger partial charge in [-0.15, -0.1) is 0 Å². The van der Waals surface area contributed by atoms with Gasteiger partial charge in [-0.05, 0) is 26.0 Å². The minimum Gasteiger partial charge on any atom is -0.365 e. The number of aliphatic hydroxyl groups is 1. The number of pyridine rings is 1. The Hall–Kier alpha value is -2.53. The third-order valence-electron chi connectivity index (χ3n) is 3.71. The molecule has 1 amide bonds. The summed E-state index contributed by atoms with van der Waals surface area (Å²) in [7, 11) is 0. The molecule has 112 valence electrons. The Labute approximate surface area is 128 Å². The van der Waals surface area contributed by atoms with E-state index in [-0.39, 0.29) is 12.1 Å². The maximum absolute atomic E-state index is 12.6. The molecule has 22 heavy (non-hydrogen) atoms. The molecule has 5 nitrogen and oxygen atoms in total. The number of rotatable bonds is 2. The quantitative estimate of drug-likeness (QED) is 0.925. The summed E-state index contributed by atoms with van der Waals surface area (Å²) in [5, 5.41) is 16.4. The predicted octanol–water partition coefficient (Wildman–Crippen LogP) is 2.46. The molecule has 0 radical (unpaired) electrons. The molecule has 0 saturated heterocycles. The Balaban J connectivity index is 2.01. The minimum atomic E-state index is -1.47. The van der Waals surface area contributed by atoms with E-state index >= 15 is 0 Å². The zero-order valence-electron chi connectivity index (χ0n) is 12.5. The van der Waals surface area contributed by atoms with E-state index in [0.717, 1.165) is 10.6 Å². The van der Waals surface area contributed by atoms with Gasteiger partial charge in [0.25, 0.3) is 5.91 Å². The smallest absolute Gasteiger partial charge is 0.295 e. The van der Waals surface area contributed by atoms with Crippen LogP contribution in [0.4, 0.5) is 0 Å². The van der Waals surface area contributed by atoms with E-state index in [0.29, 0.717) is 11.3 Å². The third kappa shape index (κ3) is 2.40. The van der Waals surface area contributed by atoms with Crippen LogP contribution in [0.1, 0.15) is 35.0 Å². The lowest BCUT2D eigenvalue weighted by atomic mass is 9.96. The van der Waals surface area contributed by atoms with E-state index in [1.54, 1.807) is 31.3 Å². The maximum atomic E-state index is 12.6. The van der Waals surface area contributed by atoms with Crippen molar-refractivity contribution in [2.45, 2.75) is 26.0 Å². The number of carbonyl (C=O) groups is 1. The minimum absolute atomic E-state index is 0.256. The highest BCUT2D eigenvalue weighted by Crippen LogP contribution is 2.36. The summed E-state index contributed by atoms with van der Waals surface area (Å²) in [5.41, 5.74) is 1.22. The van der Waals surface area contributed by atoms with E-state index in [1.807, 2.05) is 31.2 Å². The number of aromatic nitrogens is 1. The molecule has 3 rings (SSSR count). The summed E-state index contributed by atoms with van der Waals surface area (Å²) in [6, 6.07) is 12.5. The van der Waals surface area contributed by atoms with Crippen LogP contribution in [0.25, 0.3) is 0 Å². The van der Waals surface area contributed by atoms with Crippen LogP contribution in [-0.2, 0) is 5.72 Å². The van der Waals surface area contributed by atoms with Gasteiger partial charge in [0, 0.05) is 23.9 Å². The number of hydrogen-bond donors (Lipinski definition) is 1. The number of aryl methyl sites for hydroxylation is 1. The second kappa shape index (κ2) is 5.35. The van der Waals surface area contributed by atoms with Gasteiger partial charge in [-0.3, -0.25) is 9.78 Å². The van der Waals surface area contributed by atoms with Gasteiger partial charge in [0.05, 0.1) is 0 Å². The van der Waals surface area contributed by atoms with Crippen molar-refractivity contribution in [3.63, 3.8) is 0 Å². The summed E-state index contributed by atoms with van der Waals surface area (Å²) >= 11 is 0. The van der Waals surface area contributed by atoms with Gasteiger partial charge in [0.1, 0.15) is 5.69 Å². The van der Waals surface area contributed by atoms with E-state index in [4.69, 9.17) is 0 Å². The highest BCUT2D eigenvalue weighted by molar-refractivity contribution is 5.96. The summed E-state index contributed by atoms with van der Waals surface area (Å²) in [5.74, 6) is -0.416. The van der Waals surface area contributed by atoms with Gasteiger partial charge in [-0.2, -0.15) is 10.1 Å². The summed E-state index contributed by atoms with van der Waals surface area (Å²) in [6.07, 6.45) is 1.83. The average Bonchev–Trinajstić information content (AvgIpc) is 2.84. The predicted molar refractivity (Wildman–Crippen MR) is 83.2 cm³/mol. The molecule has 1 unspecified atom stereocenters. The molecule has 1 aliphatic heterocycles. The summed E-state index contributed by atoms with van der Waals surface area (Å²) < 4.78 is 0. The standard InChI is InChI=1S/C17H17N3O2/c1-12-6-8-14(9-7-12)17(22)11-13(2)19-20(17)16(21)15-5-3-4-10-18-15/h3-10,22H,11H2,1-2H3. The highest BCUT2D eigenvalue weighted by atomic mass is 16.3. The lowest BCUT2D eigenvalue weighted by Crippen LogP contribution is -2.43. The number of hydrazone groups is 1. The van der Waals surface area contributed by atoms with E-state index in [1.165, 1.54) is 0 Å². The molecule has 1 aliphatic rings. The number of benzene rings is 1. The summed E-state index contributed by atoms with van der Waals surface area (Å²) in [6.45, 7) is 3.77. The van der Waals surface area contributed by atoms with Gasteiger partial charge in [0.15, 0.2) is 5.72 Å². The molecular formula is C17H17N3O2. The van der Waals surface area contributed by atoms with E-state index in [9.17, 15) is 9.90 Å². The van der Waals surface area contributed by atoms with Crippen LogP contribution >= 0.6 is 0 Å². The molecule has 0 fully saturated rings. The summed E-state index contributed by atoms with van der Waals surface area (Å²) in [4.78, 5) is 16.7. The van der Waals surface area contributed by atoms with Crippen LogP contribution in [0.15, 0.2) is 53.8 Å². The van der Waals surface area contributed by atoms with Crippen LogP contribution in [0.5, 0.6) is 0 Å². The first-order valence-corrected chi connectivity index (χ1v) is 7.10. The molecule has 1 N–H and O–H groups in total. The van der Waals surface area contributed by atoms with Gasteiger partial charge in [-0.25, -0.2) is 0 Å². The maximum Gasteiger partial charge on any atom is 0.295 e. The Morgan fingerprint density at radius 2 is 1.91 bits per heavy atom. The molecule has 2 heterocycles. The Bertz CT molecular complexity index is 725. The molecule has 1 atom stereocenters. The van der Waals surface area contributed by atoms with Crippen molar-refractivity contribution in [2.75, 3.05) is 0 Å². The molecule has 5 heteroatoms. The van der Waals surface area contributed by atoms with Crippen LogP contribution in [0.3, 0.4) is 0 Å². The zero-order valence-corrected chi connectivity index (χ0v) is 12.5.